The number of phenolic OH excluding ortho intramolecular Hbond substituents is 1. The molecule has 216 valence electrons. The second-order valence-electron chi connectivity index (χ2n) is 9.22. The molecule has 0 saturated carbocycles. The molecule has 0 aliphatic carbocycles. The number of sulfonamides is 2. The van der Waals surface area contributed by atoms with Crippen molar-refractivity contribution in [1.82, 2.24) is 0 Å². The summed E-state index contributed by atoms with van der Waals surface area (Å²) in [4.78, 5) is -1.72. The van der Waals surface area contributed by atoms with Gasteiger partial charge in [-0.15, -0.1) is 0 Å². The molecule has 1 N–H and O–H groups in total. The van der Waals surface area contributed by atoms with Gasteiger partial charge in [-0.05, 0) is 73.7 Å². The fourth-order valence-corrected chi connectivity index (χ4v) is 9.65. The minimum atomic E-state index is -4.93. The zero-order valence-corrected chi connectivity index (χ0v) is 25.6. The average Bonchev–Trinajstić information content (AvgIpc) is 2.95. The van der Waals surface area contributed by atoms with Gasteiger partial charge in [-0.25, -0.2) is 25.3 Å². The van der Waals surface area contributed by atoms with Gasteiger partial charge >= 0.3 is 0 Å². The molecule has 0 saturated heterocycles. The van der Waals surface area contributed by atoms with Crippen molar-refractivity contribution < 1.29 is 30.4 Å². The van der Waals surface area contributed by atoms with Gasteiger partial charge in [0.15, 0.2) is 0 Å². The van der Waals surface area contributed by atoms with Gasteiger partial charge in [0, 0.05) is 20.8 Å². The molecule has 0 heterocycles. The van der Waals surface area contributed by atoms with Gasteiger partial charge < -0.3 is 5.11 Å². The standard InChI is InChI=1S/C29H21Cl2NO7S3/c1-19-6-12-23(13-7-19)41(36,37)32(42(38,39)24-16-10-21(31)11-17-24)27-18-28(29(33)26-5-3-2-4-25(26)27)40(34,35)22-14-8-20(30)9-15-22/h2-18,33H,1H3. The molecule has 0 unspecified atom stereocenters. The molecule has 13 heteroatoms. The third-order valence-electron chi connectivity index (χ3n) is 6.44. The number of phenols is 1. The number of rotatable bonds is 7. The number of halogens is 2. The van der Waals surface area contributed by atoms with Crippen LogP contribution in [0.2, 0.25) is 10.0 Å². The minimum Gasteiger partial charge on any atom is -0.506 e. The van der Waals surface area contributed by atoms with E-state index in [-0.39, 0.29) is 34.3 Å². The molecule has 0 aromatic heterocycles. The smallest absolute Gasteiger partial charge is 0.277 e. The number of fused-ring (bicyclic) bond motifs is 1. The van der Waals surface area contributed by atoms with E-state index in [4.69, 9.17) is 23.2 Å². The van der Waals surface area contributed by atoms with Crippen molar-refractivity contribution >= 4 is 69.5 Å². The van der Waals surface area contributed by atoms with Crippen LogP contribution in [-0.2, 0) is 29.9 Å². The van der Waals surface area contributed by atoms with Crippen molar-refractivity contribution in [3.8, 4) is 5.75 Å². The topological polar surface area (TPSA) is 126 Å². The van der Waals surface area contributed by atoms with Crippen LogP contribution in [0.3, 0.4) is 0 Å². The summed E-state index contributed by atoms with van der Waals surface area (Å²) >= 11 is 11.9. The predicted molar refractivity (Wildman–Crippen MR) is 162 cm³/mol. The Kier molecular flexibility index (Phi) is 7.75. The summed E-state index contributed by atoms with van der Waals surface area (Å²) in [5.41, 5.74) is 0.221. The minimum absolute atomic E-state index is 0.0294. The number of hydrogen-bond acceptors (Lipinski definition) is 7. The Bertz CT molecular complexity index is 2080. The average molecular weight is 663 g/mol. The van der Waals surface area contributed by atoms with Crippen molar-refractivity contribution in [2.45, 2.75) is 26.5 Å². The van der Waals surface area contributed by atoms with Gasteiger partial charge in [-0.3, -0.25) is 0 Å². The zero-order chi connectivity index (χ0) is 30.4. The highest BCUT2D eigenvalue weighted by Gasteiger charge is 2.39. The largest absolute Gasteiger partial charge is 0.506 e. The van der Waals surface area contributed by atoms with Gasteiger partial charge in [0.05, 0.1) is 20.4 Å². The van der Waals surface area contributed by atoms with Crippen molar-refractivity contribution in [2.24, 2.45) is 0 Å². The monoisotopic (exact) mass is 661 g/mol. The first kappa shape index (κ1) is 29.9. The SMILES string of the molecule is Cc1ccc(S(=O)(=O)N(c2cc(S(=O)(=O)c3ccc(Cl)cc3)c(O)c3ccccc23)S(=O)(=O)c2ccc(Cl)cc2)cc1. The van der Waals surface area contributed by atoms with Gasteiger partial charge in [0.2, 0.25) is 9.84 Å². The molecule has 0 aliphatic rings. The first-order valence-corrected chi connectivity index (χ1v) is 17.2. The first-order chi connectivity index (χ1) is 19.7. The van der Waals surface area contributed by atoms with Crippen LogP contribution in [0, 0.1) is 6.92 Å². The Morgan fingerprint density at radius 2 is 1.02 bits per heavy atom. The van der Waals surface area contributed by atoms with Gasteiger partial charge in [0.1, 0.15) is 10.6 Å². The summed E-state index contributed by atoms with van der Waals surface area (Å²) in [7, 11) is -14.3. The molecule has 5 rings (SSSR count). The maximum atomic E-state index is 14.2. The van der Waals surface area contributed by atoms with Gasteiger partial charge in [0.25, 0.3) is 20.0 Å². The lowest BCUT2D eigenvalue weighted by Crippen LogP contribution is -2.37. The highest BCUT2D eigenvalue weighted by molar-refractivity contribution is 8.10. The van der Waals surface area contributed by atoms with E-state index in [2.05, 4.69) is 0 Å². The van der Waals surface area contributed by atoms with E-state index in [1.807, 2.05) is 0 Å². The maximum Gasteiger partial charge on any atom is 0.277 e. The lowest BCUT2D eigenvalue weighted by Gasteiger charge is -2.26. The Balaban J connectivity index is 1.90. The van der Waals surface area contributed by atoms with E-state index < -0.39 is 51.1 Å². The molecule has 5 aromatic carbocycles. The predicted octanol–water partition coefficient (Wildman–Crippen LogP) is 6.58. The first-order valence-electron chi connectivity index (χ1n) is 12.1. The van der Waals surface area contributed by atoms with Crippen LogP contribution in [0.5, 0.6) is 5.75 Å². The number of aromatic hydroxyl groups is 1. The summed E-state index contributed by atoms with van der Waals surface area (Å²) in [5, 5.41) is 11.5. The molecule has 0 fully saturated rings. The van der Waals surface area contributed by atoms with Crippen LogP contribution in [-0.4, -0.2) is 30.4 Å². The van der Waals surface area contributed by atoms with Crippen LogP contribution >= 0.6 is 23.2 Å². The van der Waals surface area contributed by atoms with Crippen molar-refractivity contribution in [1.29, 1.82) is 0 Å². The van der Waals surface area contributed by atoms with E-state index >= 15 is 0 Å². The van der Waals surface area contributed by atoms with Gasteiger partial charge in [-0.1, -0.05) is 65.2 Å². The molecule has 42 heavy (non-hydrogen) atoms. The highest BCUT2D eigenvalue weighted by Crippen LogP contribution is 2.44. The molecule has 8 nitrogen and oxygen atoms in total. The number of nitrogens with zero attached hydrogens (tertiary/aromatic N) is 1. The molecule has 0 spiro atoms. The van der Waals surface area contributed by atoms with Crippen molar-refractivity contribution in [2.75, 3.05) is 3.71 Å². The Labute approximate surface area is 253 Å². The summed E-state index contributed by atoms with van der Waals surface area (Å²) < 4.78 is 84.6. The van der Waals surface area contributed by atoms with Crippen molar-refractivity contribution in [3.63, 3.8) is 0 Å². The molecular weight excluding hydrogens is 641 g/mol. The summed E-state index contributed by atoms with van der Waals surface area (Å²) in [6.07, 6.45) is 0. The summed E-state index contributed by atoms with van der Waals surface area (Å²) in [6.45, 7) is 1.74. The lowest BCUT2D eigenvalue weighted by molar-refractivity contribution is 0.465. The third kappa shape index (κ3) is 5.23. The van der Waals surface area contributed by atoms with Crippen LogP contribution in [0.15, 0.2) is 123 Å². The molecule has 0 amide bonds. The van der Waals surface area contributed by atoms with Crippen LogP contribution in [0.1, 0.15) is 5.56 Å². The Hall–Kier alpha value is -3.61. The molecule has 5 aromatic rings. The number of hydrogen-bond donors (Lipinski definition) is 1. The molecular formula is C29H21Cl2NO7S3. The number of aryl methyl sites for hydroxylation is 1. The zero-order valence-electron chi connectivity index (χ0n) is 21.6. The second kappa shape index (κ2) is 10.9. The molecule has 0 radical (unpaired) electrons. The van der Waals surface area contributed by atoms with Crippen LogP contribution in [0.4, 0.5) is 5.69 Å². The van der Waals surface area contributed by atoms with Crippen LogP contribution in [0.25, 0.3) is 10.8 Å². The number of benzene rings is 5. The summed E-state index contributed by atoms with van der Waals surface area (Å²) in [5.74, 6) is -0.680. The van der Waals surface area contributed by atoms with Crippen LogP contribution < -0.4 is 3.71 Å². The highest BCUT2D eigenvalue weighted by atomic mass is 35.5. The molecule has 0 aliphatic heterocycles. The third-order valence-corrected chi connectivity index (χ3v) is 12.9. The van der Waals surface area contributed by atoms with Gasteiger partial charge in [-0.2, -0.15) is 3.71 Å². The Morgan fingerprint density at radius 1 is 0.595 bits per heavy atom. The quantitative estimate of drug-likeness (QED) is 0.209. The number of anilines is 1. The van der Waals surface area contributed by atoms with E-state index in [1.54, 1.807) is 6.92 Å². The van der Waals surface area contributed by atoms with E-state index in [9.17, 15) is 30.4 Å². The molecule has 0 bridgehead atoms. The Morgan fingerprint density at radius 3 is 1.52 bits per heavy atom. The maximum absolute atomic E-state index is 14.2. The van der Waals surface area contributed by atoms with E-state index in [0.717, 1.165) is 23.8 Å². The fraction of sp³-hybridized carbons (Fsp3) is 0.0345. The second-order valence-corrected chi connectivity index (χ2v) is 15.8. The number of sulfone groups is 1. The lowest BCUT2D eigenvalue weighted by atomic mass is 10.1. The normalized spacial score (nSPS) is 12.4. The van der Waals surface area contributed by atoms with E-state index in [1.165, 1.54) is 84.9 Å². The van der Waals surface area contributed by atoms with Crippen molar-refractivity contribution in [3.05, 3.63) is 119 Å². The molecule has 0 atom stereocenters. The summed E-state index contributed by atoms with van der Waals surface area (Å²) in [6, 6.07) is 22.1. The van der Waals surface area contributed by atoms with E-state index in [0.29, 0.717) is 0 Å². The fourth-order valence-electron chi connectivity index (χ4n) is 4.31.